The summed E-state index contributed by atoms with van der Waals surface area (Å²) >= 11 is 5.67. The van der Waals surface area contributed by atoms with Gasteiger partial charge in [0.1, 0.15) is 10.6 Å². The Kier molecular flexibility index (Phi) is 7.43. The standard InChI is InChI=1S/C12H20ClNO4/c1-5-17-10(15)9(13)7-6-8-14-11(16)18-12(2,3)4/h7H,5-6,8H2,1-4H3,(H,14,16)/b9-7+. The van der Waals surface area contributed by atoms with Crippen LogP contribution in [-0.4, -0.2) is 30.8 Å². The van der Waals surface area contributed by atoms with Crippen LogP contribution >= 0.6 is 11.6 Å². The van der Waals surface area contributed by atoms with Gasteiger partial charge in [-0.3, -0.25) is 0 Å². The summed E-state index contributed by atoms with van der Waals surface area (Å²) in [6.45, 7) is 7.66. The van der Waals surface area contributed by atoms with Gasteiger partial charge in [0.25, 0.3) is 0 Å². The summed E-state index contributed by atoms with van der Waals surface area (Å²) in [5, 5.41) is 2.57. The van der Waals surface area contributed by atoms with Crippen LogP contribution < -0.4 is 5.32 Å². The van der Waals surface area contributed by atoms with Crippen LogP contribution in [0.15, 0.2) is 11.1 Å². The average Bonchev–Trinajstić information content (AvgIpc) is 2.21. The zero-order valence-corrected chi connectivity index (χ0v) is 12.0. The molecule has 0 aliphatic rings. The van der Waals surface area contributed by atoms with Crippen molar-refractivity contribution in [1.82, 2.24) is 5.32 Å². The molecule has 0 fully saturated rings. The Morgan fingerprint density at radius 3 is 2.44 bits per heavy atom. The minimum Gasteiger partial charge on any atom is -0.462 e. The number of hydrogen-bond donors (Lipinski definition) is 1. The van der Waals surface area contributed by atoms with Crippen LogP contribution in [0.2, 0.25) is 0 Å². The van der Waals surface area contributed by atoms with E-state index in [1.807, 2.05) is 0 Å². The Bertz CT molecular complexity index is 321. The number of alkyl carbamates (subject to hydrolysis) is 1. The van der Waals surface area contributed by atoms with Crippen LogP contribution in [0, 0.1) is 0 Å². The van der Waals surface area contributed by atoms with Crippen molar-refractivity contribution in [3.8, 4) is 0 Å². The molecule has 0 bridgehead atoms. The Morgan fingerprint density at radius 1 is 1.33 bits per heavy atom. The second-order valence-electron chi connectivity index (χ2n) is 4.49. The highest BCUT2D eigenvalue weighted by Crippen LogP contribution is 2.07. The van der Waals surface area contributed by atoms with E-state index >= 15 is 0 Å². The summed E-state index contributed by atoms with van der Waals surface area (Å²) in [6, 6.07) is 0. The predicted molar refractivity (Wildman–Crippen MR) is 69.4 cm³/mol. The molecule has 1 amide bonds. The minimum absolute atomic E-state index is 0.0165. The fourth-order valence-corrected chi connectivity index (χ4v) is 1.13. The molecule has 0 aromatic carbocycles. The summed E-state index contributed by atoms with van der Waals surface area (Å²) in [5.41, 5.74) is -0.525. The van der Waals surface area contributed by atoms with E-state index in [4.69, 9.17) is 21.1 Å². The van der Waals surface area contributed by atoms with E-state index in [0.29, 0.717) is 13.0 Å². The third kappa shape index (κ3) is 8.87. The first-order valence-corrected chi connectivity index (χ1v) is 6.13. The van der Waals surface area contributed by atoms with Gasteiger partial charge in [-0.2, -0.15) is 0 Å². The molecule has 6 heteroatoms. The molecule has 0 radical (unpaired) electrons. The van der Waals surface area contributed by atoms with Gasteiger partial charge in [0, 0.05) is 6.54 Å². The quantitative estimate of drug-likeness (QED) is 0.477. The molecule has 18 heavy (non-hydrogen) atoms. The number of rotatable bonds is 5. The topological polar surface area (TPSA) is 64.6 Å². The van der Waals surface area contributed by atoms with Crippen molar-refractivity contribution in [3.63, 3.8) is 0 Å². The van der Waals surface area contributed by atoms with Crippen molar-refractivity contribution in [2.75, 3.05) is 13.2 Å². The molecule has 0 saturated heterocycles. The molecule has 0 heterocycles. The lowest BCUT2D eigenvalue weighted by molar-refractivity contribution is -0.137. The molecule has 0 aromatic heterocycles. The summed E-state index contributed by atoms with van der Waals surface area (Å²) in [5.74, 6) is -0.559. The molecule has 0 spiro atoms. The Hall–Kier alpha value is -1.23. The van der Waals surface area contributed by atoms with Crippen LogP contribution in [0.5, 0.6) is 0 Å². The number of nitrogens with one attached hydrogen (secondary N) is 1. The number of halogens is 1. The minimum atomic E-state index is -0.559. The first kappa shape index (κ1) is 16.8. The number of amides is 1. The van der Waals surface area contributed by atoms with Gasteiger partial charge in [-0.25, -0.2) is 9.59 Å². The monoisotopic (exact) mass is 277 g/mol. The van der Waals surface area contributed by atoms with Crippen LogP contribution in [-0.2, 0) is 14.3 Å². The molecular weight excluding hydrogens is 258 g/mol. The third-order valence-electron chi connectivity index (χ3n) is 1.61. The van der Waals surface area contributed by atoms with Crippen LogP contribution in [0.1, 0.15) is 34.1 Å². The number of hydrogen-bond acceptors (Lipinski definition) is 4. The first-order chi connectivity index (χ1) is 8.26. The Labute approximate surface area is 112 Å². The van der Waals surface area contributed by atoms with Crippen molar-refractivity contribution in [3.05, 3.63) is 11.1 Å². The lowest BCUT2D eigenvalue weighted by atomic mass is 10.2. The van der Waals surface area contributed by atoms with Crippen LogP contribution in [0.3, 0.4) is 0 Å². The maximum atomic E-state index is 11.3. The van der Waals surface area contributed by atoms with Gasteiger partial charge in [-0.1, -0.05) is 17.7 Å². The Balaban J connectivity index is 3.89. The fraction of sp³-hybridized carbons (Fsp3) is 0.667. The van der Waals surface area contributed by atoms with Gasteiger partial charge in [-0.15, -0.1) is 0 Å². The second kappa shape index (κ2) is 7.97. The van der Waals surface area contributed by atoms with Gasteiger partial charge in [0.05, 0.1) is 6.61 Å². The van der Waals surface area contributed by atoms with Crippen molar-refractivity contribution in [2.45, 2.75) is 39.7 Å². The fourth-order valence-electron chi connectivity index (χ4n) is 0.971. The van der Waals surface area contributed by atoms with E-state index in [0.717, 1.165) is 0 Å². The molecule has 5 nitrogen and oxygen atoms in total. The molecule has 0 saturated carbocycles. The first-order valence-electron chi connectivity index (χ1n) is 5.76. The summed E-state index contributed by atoms with van der Waals surface area (Å²) in [7, 11) is 0. The van der Waals surface area contributed by atoms with Crippen LogP contribution in [0.25, 0.3) is 0 Å². The van der Waals surface area contributed by atoms with Crippen molar-refractivity contribution in [1.29, 1.82) is 0 Å². The molecule has 0 aromatic rings. The highest BCUT2D eigenvalue weighted by Gasteiger charge is 2.15. The molecule has 0 unspecified atom stereocenters. The molecule has 0 rings (SSSR count). The number of carbonyl (C=O) groups excluding carboxylic acids is 2. The van der Waals surface area contributed by atoms with Crippen molar-refractivity contribution >= 4 is 23.7 Å². The van der Waals surface area contributed by atoms with Crippen molar-refractivity contribution in [2.24, 2.45) is 0 Å². The van der Waals surface area contributed by atoms with E-state index in [1.54, 1.807) is 27.7 Å². The van der Waals surface area contributed by atoms with E-state index in [9.17, 15) is 9.59 Å². The molecule has 0 aliphatic carbocycles. The smallest absolute Gasteiger partial charge is 0.407 e. The molecule has 0 aliphatic heterocycles. The number of esters is 1. The molecular formula is C12H20ClNO4. The number of carbonyl (C=O) groups is 2. The van der Waals surface area contributed by atoms with Gasteiger partial charge < -0.3 is 14.8 Å². The SMILES string of the molecule is CCOC(=O)/C(Cl)=C\CCNC(=O)OC(C)(C)C. The van der Waals surface area contributed by atoms with Gasteiger partial charge >= 0.3 is 12.1 Å². The van der Waals surface area contributed by atoms with Gasteiger partial charge in [0.15, 0.2) is 0 Å². The molecule has 1 N–H and O–H groups in total. The van der Waals surface area contributed by atoms with Gasteiger partial charge in [0.2, 0.25) is 0 Å². The lowest BCUT2D eigenvalue weighted by Gasteiger charge is -2.19. The molecule has 104 valence electrons. The highest BCUT2D eigenvalue weighted by molar-refractivity contribution is 6.41. The highest BCUT2D eigenvalue weighted by atomic mass is 35.5. The zero-order chi connectivity index (χ0) is 14.2. The van der Waals surface area contributed by atoms with Crippen LogP contribution in [0.4, 0.5) is 4.79 Å². The Morgan fingerprint density at radius 2 is 1.94 bits per heavy atom. The van der Waals surface area contributed by atoms with E-state index in [1.165, 1.54) is 6.08 Å². The summed E-state index contributed by atoms with van der Waals surface area (Å²) in [6.07, 6.45) is 1.43. The second-order valence-corrected chi connectivity index (χ2v) is 4.90. The predicted octanol–water partition coefficient (Wildman–Crippen LogP) is 2.59. The summed E-state index contributed by atoms with van der Waals surface area (Å²) in [4.78, 5) is 22.4. The lowest BCUT2D eigenvalue weighted by Crippen LogP contribution is -2.32. The normalized spacial score (nSPS) is 11.9. The maximum absolute atomic E-state index is 11.3. The summed E-state index contributed by atoms with van der Waals surface area (Å²) < 4.78 is 9.73. The average molecular weight is 278 g/mol. The maximum Gasteiger partial charge on any atom is 0.407 e. The zero-order valence-electron chi connectivity index (χ0n) is 11.2. The largest absolute Gasteiger partial charge is 0.462 e. The van der Waals surface area contributed by atoms with E-state index in [2.05, 4.69) is 5.32 Å². The number of ether oxygens (including phenoxy) is 2. The third-order valence-corrected chi connectivity index (χ3v) is 1.92. The van der Waals surface area contributed by atoms with Gasteiger partial charge in [-0.05, 0) is 34.1 Å². The van der Waals surface area contributed by atoms with Crippen molar-refractivity contribution < 1.29 is 19.1 Å². The molecule has 0 atom stereocenters. The van der Waals surface area contributed by atoms with E-state index < -0.39 is 17.7 Å². The van der Waals surface area contributed by atoms with E-state index in [-0.39, 0.29) is 11.6 Å².